The molecule has 0 aliphatic carbocycles. The topological polar surface area (TPSA) is 12.0 Å². The summed E-state index contributed by atoms with van der Waals surface area (Å²) < 4.78 is 0. The quantitative estimate of drug-likeness (QED) is 0.730. The van der Waals surface area contributed by atoms with Crippen molar-refractivity contribution >= 4 is 23.1 Å². The van der Waals surface area contributed by atoms with E-state index in [4.69, 9.17) is 0 Å². The summed E-state index contributed by atoms with van der Waals surface area (Å²) in [5.41, 5.74) is 1.47. The van der Waals surface area contributed by atoms with Crippen LogP contribution in [0.4, 0.5) is 0 Å². The summed E-state index contributed by atoms with van der Waals surface area (Å²) in [6, 6.07) is 3.40. The minimum atomic E-state index is 0.474. The van der Waals surface area contributed by atoms with Crippen molar-refractivity contribution < 1.29 is 0 Å². The second-order valence-electron chi connectivity index (χ2n) is 4.64. The smallest absolute Gasteiger partial charge is 0.0305 e. The van der Waals surface area contributed by atoms with Gasteiger partial charge in [-0.25, -0.2) is 0 Å². The lowest BCUT2D eigenvalue weighted by molar-refractivity contribution is 0.471. The van der Waals surface area contributed by atoms with Crippen LogP contribution in [0, 0.1) is 13.8 Å². The molecule has 1 heterocycles. The summed E-state index contributed by atoms with van der Waals surface area (Å²) in [5.74, 6) is 2.49. The Morgan fingerprint density at radius 3 is 2.59 bits per heavy atom. The first kappa shape index (κ1) is 15.1. The fourth-order valence-corrected chi connectivity index (χ4v) is 3.92. The van der Waals surface area contributed by atoms with E-state index in [2.05, 4.69) is 46.0 Å². The maximum atomic E-state index is 3.70. The van der Waals surface area contributed by atoms with Crippen molar-refractivity contribution in [2.45, 2.75) is 53.1 Å². The second kappa shape index (κ2) is 7.45. The molecule has 0 spiro atoms. The number of hydrogen-bond donors (Lipinski definition) is 1. The molecule has 0 aliphatic heterocycles. The van der Waals surface area contributed by atoms with E-state index in [1.165, 1.54) is 33.2 Å². The van der Waals surface area contributed by atoms with Crippen LogP contribution in [0.25, 0.3) is 0 Å². The van der Waals surface area contributed by atoms with Crippen molar-refractivity contribution in [3.8, 4) is 0 Å². The van der Waals surface area contributed by atoms with Crippen LogP contribution in [0.2, 0.25) is 0 Å². The Morgan fingerprint density at radius 1 is 1.35 bits per heavy atom. The standard InChI is InChI=1S/C14H25NS2/c1-6-16-8-7-10(2)15-12(4)14-9-11(3)17-13(14)5/h9-10,12,15H,6-8H2,1-5H3. The molecule has 0 bridgehead atoms. The zero-order chi connectivity index (χ0) is 12.8. The highest BCUT2D eigenvalue weighted by molar-refractivity contribution is 7.99. The van der Waals surface area contributed by atoms with E-state index in [0.717, 1.165) is 0 Å². The maximum absolute atomic E-state index is 3.70. The zero-order valence-corrected chi connectivity index (χ0v) is 13.3. The molecule has 1 N–H and O–H groups in total. The molecule has 2 unspecified atom stereocenters. The molecule has 1 aromatic rings. The molecule has 0 saturated heterocycles. The fraction of sp³-hybridized carbons (Fsp3) is 0.714. The van der Waals surface area contributed by atoms with E-state index in [0.29, 0.717) is 12.1 Å². The van der Waals surface area contributed by atoms with Crippen molar-refractivity contribution in [3.05, 3.63) is 21.4 Å². The number of aryl methyl sites for hydroxylation is 2. The summed E-state index contributed by atoms with van der Waals surface area (Å²) in [7, 11) is 0. The van der Waals surface area contributed by atoms with Gasteiger partial charge >= 0.3 is 0 Å². The molecular weight excluding hydrogens is 246 g/mol. The minimum Gasteiger partial charge on any atom is -0.308 e. The van der Waals surface area contributed by atoms with E-state index in [-0.39, 0.29) is 0 Å². The SMILES string of the molecule is CCSCCC(C)NC(C)c1cc(C)sc1C. The highest BCUT2D eigenvalue weighted by Crippen LogP contribution is 2.26. The third-order valence-electron chi connectivity index (χ3n) is 2.98. The van der Waals surface area contributed by atoms with Gasteiger partial charge in [0.25, 0.3) is 0 Å². The molecule has 2 atom stereocenters. The molecule has 98 valence electrons. The van der Waals surface area contributed by atoms with Gasteiger partial charge in [0, 0.05) is 21.8 Å². The normalized spacial score (nSPS) is 14.9. The molecule has 0 radical (unpaired) electrons. The first-order valence-corrected chi connectivity index (χ1v) is 8.42. The number of thioether (sulfide) groups is 1. The van der Waals surface area contributed by atoms with Crippen LogP contribution < -0.4 is 5.32 Å². The van der Waals surface area contributed by atoms with Crippen molar-refractivity contribution in [2.75, 3.05) is 11.5 Å². The van der Waals surface area contributed by atoms with Gasteiger partial charge in [0.1, 0.15) is 0 Å². The average Bonchev–Trinajstić information content (AvgIpc) is 2.58. The first-order valence-electron chi connectivity index (χ1n) is 6.45. The number of nitrogens with one attached hydrogen (secondary N) is 1. The van der Waals surface area contributed by atoms with Crippen LogP contribution >= 0.6 is 23.1 Å². The van der Waals surface area contributed by atoms with Gasteiger partial charge < -0.3 is 5.32 Å². The van der Waals surface area contributed by atoms with Gasteiger partial charge in [-0.1, -0.05) is 6.92 Å². The van der Waals surface area contributed by atoms with Crippen LogP contribution in [0.15, 0.2) is 6.07 Å². The monoisotopic (exact) mass is 271 g/mol. The Morgan fingerprint density at radius 2 is 2.06 bits per heavy atom. The third-order valence-corrected chi connectivity index (χ3v) is 4.89. The van der Waals surface area contributed by atoms with Gasteiger partial charge in [-0.3, -0.25) is 0 Å². The Balaban J connectivity index is 2.43. The van der Waals surface area contributed by atoms with Crippen molar-refractivity contribution in [2.24, 2.45) is 0 Å². The minimum absolute atomic E-state index is 0.474. The largest absolute Gasteiger partial charge is 0.308 e. The summed E-state index contributed by atoms with van der Waals surface area (Å²) in [5, 5.41) is 3.70. The Hall–Kier alpha value is 0.01000. The van der Waals surface area contributed by atoms with Crippen molar-refractivity contribution in [1.29, 1.82) is 0 Å². The molecule has 0 amide bonds. The molecule has 1 nitrogen and oxygen atoms in total. The van der Waals surface area contributed by atoms with E-state index < -0.39 is 0 Å². The first-order chi connectivity index (χ1) is 8.04. The van der Waals surface area contributed by atoms with Crippen LogP contribution in [0.5, 0.6) is 0 Å². The second-order valence-corrected chi connectivity index (χ2v) is 7.50. The molecular formula is C14H25NS2. The van der Waals surface area contributed by atoms with Gasteiger partial charge in [0.05, 0.1) is 0 Å². The molecule has 3 heteroatoms. The van der Waals surface area contributed by atoms with Gasteiger partial charge in [-0.05, 0) is 57.3 Å². The fourth-order valence-electron chi connectivity index (χ4n) is 2.08. The number of thiophene rings is 1. The van der Waals surface area contributed by atoms with E-state index in [1.54, 1.807) is 0 Å². The van der Waals surface area contributed by atoms with Gasteiger partial charge in [-0.15, -0.1) is 11.3 Å². The molecule has 0 fully saturated rings. The van der Waals surface area contributed by atoms with Crippen LogP contribution in [-0.4, -0.2) is 17.5 Å². The Kier molecular flexibility index (Phi) is 6.60. The van der Waals surface area contributed by atoms with Gasteiger partial charge in [-0.2, -0.15) is 11.8 Å². The lowest BCUT2D eigenvalue weighted by Gasteiger charge is -2.20. The van der Waals surface area contributed by atoms with Crippen LogP contribution in [-0.2, 0) is 0 Å². The van der Waals surface area contributed by atoms with E-state index >= 15 is 0 Å². The molecule has 1 aromatic heterocycles. The van der Waals surface area contributed by atoms with Gasteiger partial charge in [0.2, 0.25) is 0 Å². The highest BCUT2D eigenvalue weighted by atomic mass is 32.2. The van der Waals surface area contributed by atoms with Crippen LogP contribution in [0.3, 0.4) is 0 Å². The highest BCUT2D eigenvalue weighted by Gasteiger charge is 2.13. The molecule has 17 heavy (non-hydrogen) atoms. The molecule has 0 saturated carbocycles. The lowest BCUT2D eigenvalue weighted by atomic mass is 10.1. The zero-order valence-electron chi connectivity index (χ0n) is 11.7. The summed E-state index contributed by atoms with van der Waals surface area (Å²) in [6.07, 6.45) is 1.25. The number of rotatable bonds is 7. The maximum Gasteiger partial charge on any atom is 0.0305 e. The number of hydrogen-bond acceptors (Lipinski definition) is 3. The molecule has 0 aliphatic rings. The molecule has 0 aromatic carbocycles. The molecule has 1 rings (SSSR count). The predicted octanol–water partition coefficient (Wildman–Crippen LogP) is 4.55. The van der Waals surface area contributed by atoms with Crippen LogP contribution in [0.1, 0.15) is 48.6 Å². The van der Waals surface area contributed by atoms with Gasteiger partial charge in [0.15, 0.2) is 0 Å². The van der Waals surface area contributed by atoms with E-state index in [9.17, 15) is 0 Å². The predicted molar refractivity (Wildman–Crippen MR) is 82.4 cm³/mol. The summed E-state index contributed by atoms with van der Waals surface area (Å²) in [6.45, 7) is 11.2. The third kappa shape index (κ3) is 5.02. The van der Waals surface area contributed by atoms with Crippen molar-refractivity contribution in [1.82, 2.24) is 5.32 Å². The average molecular weight is 271 g/mol. The van der Waals surface area contributed by atoms with Crippen molar-refractivity contribution in [3.63, 3.8) is 0 Å². The summed E-state index contributed by atoms with van der Waals surface area (Å²) in [4.78, 5) is 2.87. The van der Waals surface area contributed by atoms with E-state index in [1.807, 2.05) is 23.1 Å². The summed E-state index contributed by atoms with van der Waals surface area (Å²) >= 11 is 3.93. The Bertz CT molecular complexity index is 333. The Labute approximate surface area is 114 Å². The lowest BCUT2D eigenvalue weighted by Crippen LogP contribution is -2.29.